The second kappa shape index (κ2) is 10.5. The molecule has 1 rings (SSSR count). The van der Waals surface area contributed by atoms with E-state index in [0.717, 1.165) is 37.6 Å². The highest BCUT2D eigenvalue weighted by molar-refractivity contribution is 5.42. The first-order chi connectivity index (χ1) is 10.2. The number of rotatable bonds is 11. The predicted octanol–water partition coefficient (Wildman–Crippen LogP) is 3.25. The van der Waals surface area contributed by atoms with Crippen LogP contribution in [0.2, 0.25) is 0 Å². The minimum absolute atomic E-state index is 0.543. The second-order valence-electron chi connectivity index (χ2n) is 5.41. The van der Waals surface area contributed by atoms with Crippen molar-refractivity contribution in [3.8, 4) is 11.5 Å². The first-order valence-corrected chi connectivity index (χ1v) is 7.75. The summed E-state index contributed by atoms with van der Waals surface area (Å²) in [5.41, 5.74) is 1.19. The molecule has 0 aromatic heterocycles. The van der Waals surface area contributed by atoms with Gasteiger partial charge in [0.15, 0.2) is 11.5 Å². The molecule has 0 aliphatic heterocycles. The molecule has 1 aromatic carbocycles. The largest absolute Gasteiger partial charge is 0.493 e. The van der Waals surface area contributed by atoms with Gasteiger partial charge in [-0.15, -0.1) is 0 Å². The van der Waals surface area contributed by atoms with E-state index in [0.29, 0.717) is 19.1 Å². The third kappa shape index (κ3) is 7.34. The fraction of sp³-hybridized carbons (Fsp3) is 0.647. The zero-order valence-corrected chi connectivity index (χ0v) is 13.8. The average molecular weight is 295 g/mol. The molecule has 0 saturated carbocycles. The summed E-state index contributed by atoms with van der Waals surface area (Å²) in [7, 11) is 1.67. The van der Waals surface area contributed by atoms with Crippen LogP contribution in [0.1, 0.15) is 32.8 Å². The number of ether oxygens (including phenoxy) is 3. The van der Waals surface area contributed by atoms with Gasteiger partial charge >= 0.3 is 0 Å². The van der Waals surface area contributed by atoms with Crippen molar-refractivity contribution in [1.29, 1.82) is 0 Å². The molecule has 0 aliphatic carbocycles. The smallest absolute Gasteiger partial charge is 0.161 e. The molecule has 0 radical (unpaired) electrons. The van der Waals surface area contributed by atoms with Crippen LogP contribution >= 0.6 is 0 Å². The van der Waals surface area contributed by atoms with Gasteiger partial charge in [0.05, 0.1) is 13.7 Å². The Hall–Kier alpha value is -1.26. The summed E-state index contributed by atoms with van der Waals surface area (Å²) in [6, 6.07) is 6.03. The first-order valence-electron chi connectivity index (χ1n) is 7.75. The Kier molecular flexibility index (Phi) is 8.87. The summed E-state index contributed by atoms with van der Waals surface area (Å²) < 4.78 is 16.6. The fourth-order valence-corrected chi connectivity index (χ4v) is 1.84. The number of methoxy groups -OCH3 is 1. The summed E-state index contributed by atoms with van der Waals surface area (Å²) in [6.07, 6.45) is 1.09. The van der Waals surface area contributed by atoms with E-state index >= 15 is 0 Å². The fourth-order valence-electron chi connectivity index (χ4n) is 1.84. The number of nitrogens with one attached hydrogen (secondary N) is 1. The van der Waals surface area contributed by atoms with E-state index in [1.807, 2.05) is 12.1 Å². The molecule has 0 unspecified atom stereocenters. The van der Waals surface area contributed by atoms with Gasteiger partial charge in [-0.05, 0) is 36.6 Å². The molecule has 0 saturated heterocycles. The molecule has 0 amide bonds. The van der Waals surface area contributed by atoms with Gasteiger partial charge in [0.2, 0.25) is 0 Å². The Labute approximate surface area is 128 Å². The molecule has 4 nitrogen and oxygen atoms in total. The van der Waals surface area contributed by atoms with Crippen LogP contribution in [-0.4, -0.2) is 33.5 Å². The number of hydrogen-bond donors (Lipinski definition) is 1. The Morgan fingerprint density at radius 3 is 2.57 bits per heavy atom. The Balaban J connectivity index is 2.36. The van der Waals surface area contributed by atoms with Crippen LogP contribution in [-0.2, 0) is 11.3 Å². The molecule has 0 heterocycles. The lowest BCUT2D eigenvalue weighted by molar-refractivity contribution is 0.0916. The van der Waals surface area contributed by atoms with Gasteiger partial charge in [0, 0.05) is 13.2 Å². The minimum atomic E-state index is 0.543. The van der Waals surface area contributed by atoms with E-state index in [1.54, 1.807) is 7.11 Å². The van der Waals surface area contributed by atoms with Crippen molar-refractivity contribution in [1.82, 2.24) is 5.32 Å². The molecule has 21 heavy (non-hydrogen) atoms. The molecule has 4 heteroatoms. The highest BCUT2D eigenvalue weighted by atomic mass is 16.5. The lowest BCUT2D eigenvalue weighted by Gasteiger charge is -2.13. The third-order valence-electron chi connectivity index (χ3n) is 3.13. The molecular formula is C17H29NO3. The van der Waals surface area contributed by atoms with Crippen molar-refractivity contribution in [3.63, 3.8) is 0 Å². The highest BCUT2D eigenvalue weighted by Crippen LogP contribution is 2.27. The zero-order valence-electron chi connectivity index (χ0n) is 13.8. The van der Waals surface area contributed by atoms with Crippen LogP contribution < -0.4 is 14.8 Å². The molecule has 120 valence electrons. The summed E-state index contributed by atoms with van der Waals surface area (Å²) in [6.45, 7) is 10.2. The summed E-state index contributed by atoms with van der Waals surface area (Å²) >= 11 is 0. The van der Waals surface area contributed by atoms with Gasteiger partial charge in [-0.1, -0.05) is 26.8 Å². The Bertz CT molecular complexity index is 394. The van der Waals surface area contributed by atoms with Crippen LogP contribution in [0.3, 0.4) is 0 Å². The molecule has 1 N–H and O–H groups in total. The van der Waals surface area contributed by atoms with Gasteiger partial charge in [-0.2, -0.15) is 0 Å². The van der Waals surface area contributed by atoms with Crippen LogP contribution in [0.4, 0.5) is 0 Å². The van der Waals surface area contributed by atoms with E-state index < -0.39 is 0 Å². The quantitative estimate of drug-likeness (QED) is 0.636. The maximum Gasteiger partial charge on any atom is 0.161 e. The summed E-state index contributed by atoms with van der Waals surface area (Å²) in [5.74, 6) is 2.22. The van der Waals surface area contributed by atoms with E-state index in [1.165, 1.54) is 5.56 Å². The monoisotopic (exact) mass is 295 g/mol. The Morgan fingerprint density at radius 2 is 1.90 bits per heavy atom. The molecule has 0 spiro atoms. The van der Waals surface area contributed by atoms with Crippen molar-refractivity contribution < 1.29 is 14.2 Å². The average Bonchev–Trinajstić information content (AvgIpc) is 2.48. The molecule has 0 aliphatic rings. The van der Waals surface area contributed by atoms with Gasteiger partial charge in [0.25, 0.3) is 0 Å². The van der Waals surface area contributed by atoms with Crippen molar-refractivity contribution in [2.75, 3.05) is 33.5 Å². The maximum absolute atomic E-state index is 5.72. The number of benzene rings is 1. The normalized spacial score (nSPS) is 10.9. The van der Waals surface area contributed by atoms with Crippen LogP contribution in [0.25, 0.3) is 0 Å². The topological polar surface area (TPSA) is 39.7 Å². The van der Waals surface area contributed by atoms with Crippen molar-refractivity contribution in [3.05, 3.63) is 23.8 Å². The minimum Gasteiger partial charge on any atom is -0.493 e. The Morgan fingerprint density at radius 1 is 1.10 bits per heavy atom. The van der Waals surface area contributed by atoms with Crippen molar-refractivity contribution >= 4 is 0 Å². The van der Waals surface area contributed by atoms with E-state index in [9.17, 15) is 0 Å². The zero-order chi connectivity index (χ0) is 15.5. The predicted molar refractivity (Wildman–Crippen MR) is 86.1 cm³/mol. The van der Waals surface area contributed by atoms with Gasteiger partial charge in [-0.3, -0.25) is 0 Å². The first kappa shape index (κ1) is 17.8. The van der Waals surface area contributed by atoms with Gasteiger partial charge in [0.1, 0.15) is 6.61 Å². The van der Waals surface area contributed by atoms with Crippen LogP contribution in [0.15, 0.2) is 18.2 Å². The SMILES string of the molecule is CCNCc1ccc(OCCOCCC(C)C)c(OC)c1. The molecule has 1 aromatic rings. The van der Waals surface area contributed by atoms with Crippen molar-refractivity contribution in [2.24, 2.45) is 5.92 Å². The van der Waals surface area contributed by atoms with Gasteiger partial charge in [-0.25, -0.2) is 0 Å². The summed E-state index contributed by atoms with van der Waals surface area (Å²) in [5, 5.41) is 3.29. The van der Waals surface area contributed by atoms with Crippen LogP contribution in [0, 0.1) is 5.92 Å². The highest BCUT2D eigenvalue weighted by Gasteiger charge is 2.05. The molecule has 0 bridgehead atoms. The van der Waals surface area contributed by atoms with E-state index in [2.05, 4.69) is 32.2 Å². The standard InChI is InChI=1S/C17H29NO3/c1-5-18-13-15-6-7-16(17(12-15)19-4)21-11-10-20-9-8-14(2)3/h6-7,12,14,18H,5,8-11,13H2,1-4H3. The molecule has 0 fully saturated rings. The van der Waals surface area contributed by atoms with E-state index in [-0.39, 0.29) is 0 Å². The lowest BCUT2D eigenvalue weighted by Crippen LogP contribution is -2.12. The molecule has 0 atom stereocenters. The van der Waals surface area contributed by atoms with E-state index in [4.69, 9.17) is 14.2 Å². The molecular weight excluding hydrogens is 266 g/mol. The second-order valence-corrected chi connectivity index (χ2v) is 5.41. The maximum atomic E-state index is 5.72. The lowest BCUT2D eigenvalue weighted by atomic mass is 10.1. The van der Waals surface area contributed by atoms with Crippen molar-refractivity contribution in [2.45, 2.75) is 33.7 Å². The van der Waals surface area contributed by atoms with Gasteiger partial charge < -0.3 is 19.5 Å². The summed E-state index contributed by atoms with van der Waals surface area (Å²) in [4.78, 5) is 0. The van der Waals surface area contributed by atoms with Crippen LogP contribution in [0.5, 0.6) is 11.5 Å². The number of hydrogen-bond acceptors (Lipinski definition) is 4. The third-order valence-corrected chi connectivity index (χ3v) is 3.13.